The van der Waals surface area contributed by atoms with Crippen molar-refractivity contribution in [1.82, 2.24) is 24.7 Å². The van der Waals surface area contributed by atoms with Crippen molar-refractivity contribution in [2.45, 2.75) is 26.8 Å². The van der Waals surface area contributed by atoms with E-state index in [1.165, 1.54) is 0 Å². The lowest BCUT2D eigenvalue weighted by atomic mass is 10.4. The van der Waals surface area contributed by atoms with Gasteiger partial charge in [-0.05, 0) is 20.8 Å². The Hall–Kier alpha value is -1.65. The van der Waals surface area contributed by atoms with Crippen molar-refractivity contribution in [3.05, 3.63) is 18.2 Å². The molecule has 0 amide bonds. The Morgan fingerprint density at radius 1 is 1.43 bits per heavy atom. The molecule has 2 aromatic heterocycles. The van der Waals surface area contributed by atoms with Gasteiger partial charge in [0, 0.05) is 18.4 Å². The molecule has 0 unspecified atom stereocenters. The highest BCUT2D eigenvalue weighted by Crippen LogP contribution is 2.16. The molecule has 2 rings (SSSR count). The topological polar surface area (TPSA) is 59.4 Å². The van der Waals surface area contributed by atoms with E-state index < -0.39 is 0 Å². The van der Waals surface area contributed by atoms with E-state index >= 15 is 0 Å². The SMILES string of the molecule is Cc1nc(-c2nccn2C(C)C)n[nH]1. The molecule has 0 aliphatic rings. The van der Waals surface area contributed by atoms with Gasteiger partial charge >= 0.3 is 0 Å². The molecule has 0 saturated carbocycles. The summed E-state index contributed by atoms with van der Waals surface area (Å²) in [6, 6.07) is 0.367. The zero-order valence-corrected chi connectivity index (χ0v) is 8.52. The van der Waals surface area contributed by atoms with Crippen LogP contribution in [0.2, 0.25) is 0 Å². The van der Waals surface area contributed by atoms with Crippen LogP contribution < -0.4 is 0 Å². The van der Waals surface area contributed by atoms with E-state index in [1.54, 1.807) is 6.20 Å². The van der Waals surface area contributed by atoms with Crippen LogP contribution >= 0.6 is 0 Å². The van der Waals surface area contributed by atoms with E-state index in [1.807, 2.05) is 17.7 Å². The van der Waals surface area contributed by atoms with Crippen molar-refractivity contribution in [2.75, 3.05) is 0 Å². The molecule has 0 fully saturated rings. The summed E-state index contributed by atoms with van der Waals surface area (Å²) < 4.78 is 2.04. The second-order valence-corrected chi connectivity index (χ2v) is 3.50. The Kier molecular flexibility index (Phi) is 2.07. The number of nitrogens with zero attached hydrogens (tertiary/aromatic N) is 4. The number of aromatic amines is 1. The van der Waals surface area contributed by atoms with Crippen LogP contribution in [0, 0.1) is 6.92 Å². The van der Waals surface area contributed by atoms with Gasteiger partial charge in [0.05, 0.1) is 0 Å². The molecule has 2 aromatic rings. The first kappa shape index (κ1) is 8.93. The number of hydrogen-bond acceptors (Lipinski definition) is 3. The lowest BCUT2D eigenvalue weighted by molar-refractivity contribution is 0.604. The quantitative estimate of drug-likeness (QED) is 0.783. The van der Waals surface area contributed by atoms with E-state index in [0.717, 1.165) is 11.6 Å². The van der Waals surface area contributed by atoms with E-state index in [9.17, 15) is 0 Å². The molecule has 0 aliphatic carbocycles. The molecule has 74 valence electrons. The van der Waals surface area contributed by atoms with Gasteiger partial charge in [0.25, 0.3) is 0 Å². The minimum absolute atomic E-state index is 0.367. The fourth-order valence-electron chi connectivity index (χ4n) is 1.35. The predicted molar refractivity (Wildman–Crippen MR) is 52.7 cm³/mol. The van der Waals surface area contributed by atoms with Crippen LogP contribution in [0.4, 0.5) is 0 Å². The third-order valence-electron chi connectivity index (χ3n) is 2.02. The van der Waals surface area contributed by atoms with Crippen LogP contribution in [-0.4, -0.2) is 24.7 Å². The molecule has 14 heavy (non-hydrogen) atoms. The van der Waals surface area contributed by atoms with Crippen LogP contribution in [0.15, 0.2) is 12.4 Å². The number of H-pyrrole nitrogens is 1. The lowest BCUT2D eigenvalue weighted by Crippen LogP contribution is -2.02. The van der Waals surface area contributed by atoms with Gasteiger partial charge in [0.2, 0.25) is 5.82 Å². The monoisotopic (exact) mass is 191 g/mol. The number of rotatable bonds is 2. The summed E-state index contributed by atoms with van der Waals surface area (Å²) in [4.78, 5) is 8.49. The van der Waals surface area contributed by atoms with Gasteiger partial charge in [0.15, 0.2) is 5.82 Å². The first-order valence-electron chi connectivity index (χ1n) is 4.60. The van der Waals surface area contributed by atoms with E-state index in [4.69, 9.17) is 0 Å². The highest BCUT2D eigenvalue weighted by atomic mass is 15.2. The van der Waals surface area contributed by atoms with Crippen LogP contribution in [-0.2, 0) is 0 Å². The predicted octanol–water partition coefficient (Wildman–Crippen LogP) is 1.56. The second-order valence-electron chi connectivity index (χ2n) is 3.50. The minimum Gasteiger partial charge on any atom is -0.326 e. The van der Waals surface area contributed by atoms with Gasteiger partial charge in [-0.25, -0.2) is 9.97 Å². The molecule has 5 heteroatoms. The largest absolute Gasteiger partial charge is 0.326 e. The molecule has 0 spiro atoms. The molecule has 0 bridgehead atoms. The van der Waals surface area contributed by atoms with Crippen molar-refractivity contribution in [1.29, 1.82) is 0 Å². The summed E-state index contributed by atoms with van der Waals surface area (Å²) in [6.07, 6.45) is 3.70. The number of hydrogen-bond donors (Lipinski definition) is 1. The van der Waals surface area contributed by atoms with Gasteiger partial charge < -0.3 is 4.57 Å². The number of nitrogens with one attached hydrogen (secondary N) is 1. The summed E-state index contributed by atoms with van der Waals surface area (Å²) in [6.45, 7) is 6.08. The van der Waals surface area contributed by atoms with Gasteiger partial charge in [0.1, 0.15) is 5.82 Å². The third-order valence-corrected chi connectivity index (χ3v) is 2.02. The average molecular weight is 191 g/mol. The Labute approximate surface area is 82.2 Å². The first-order chi connectivity index (χ1) is 6.68. The summed E-state index contributed by atoms with van der Waals surface area (Å²) in [7, 11) is 0. The highest BCUT2D eigenvalue weighted by Gasteiger charge is 2.11. The maximum Gasteiger partial charge on any atom is 0.217 e. The normalized spacial score (nSPS) is 11.1. The van der Waals surface area contributed by atoms with Gasteiger partial charge in [-0.3, -0.25) is 5.10 Å². The fraction of sp³-hybridized carbons (Fsp3) is 0.444. The van der Waals surface area contributed by atoms with Gasteiger partial charge in [-0.15, -0.1) is 0 Å². The number of aryl methyl sites for hydroxylation is 1. The van der Waals surface area contributed by atoms with E-state index in [0.29, 0.717) is 11.9 Å². The van der Waals surface area contributed by atoms with Crippen LogP contribution in [0.25, 0.3) is 11.6 Å². The van der Waals surface area contributed by atoms with Crippen molar-refractivity contribution in [2.24, 2.45) is 0 Å². The first-order valence-corrected chi connectivity index (χ1v) is 4.60. The summed E-state index contributed by atoms with van der Waals surface area (Å²) in [5.41, 5.74) is 0. The van der Waals surface area contributed by atoms with Crippen molar-refractivity contribution in [3.8, 4) is 11.6 Å². The van der Waals surface area contributed by atoms with Crippen molar-refractivity contribution >= 4 is 0 Å². The molecule has 0 atom stereocenters. The molecule has 2 heterocycles. The van der Waals surface area contributed by atoms with Gasteiger partial charge in [-0.2, -0.15) is 5.10 Å². The Morgan fingerprint density at radius 3 is 2.79 bits per heavy atom. The van der Waals surface area contributed by atoms with Crippen molar-refractivity contribution in [3.63, 3.8) is 0 Å². The molecular formula is C9H13N5. The zero-order valence-electron chi connectivity index (χ0n) is 8.52. The standard InChI is InChI=1S/C9H13N5/c1-6(2)14-5-4-10-9(14)8-11-7(3)12-13-8/h4-6H,1-3H3,(H,11,12,13). The number of imidazole rings is 1. The maximum absolute atomic E-state index is 4.25. The van der Waals surface area contributed by atoms with Gasteiger partial charge in [-0.1, -0.05) is 0 Å². The Bertz CT molecular complexity index is 426. The minimum atomic E-state index is 0.367. The third kappa shape index (κ3) is 1.41. The molecule has 0 radical (unpaired) electrons. The smallest absolute Gasteiger partial charge is 0.217 e. The second kappa shape index (κ2) is 3.25. The van der Waals surface area contributed by atoms with Crippen LogP contribution in [0.1, 0.15) is 25.7 Å². The molecule has 5 nitrogen and oxygen atoms in total. The van der Waals surface area contributed by atoms with Crippen LogP contribution in [0.5, 0.6) is 0 Å². The molecule has 0 saturated heterocycles. The van der Waals surface area contributed by atoms with Crippen molar-refractivity contribution < 1.29 is 0 Å². The van der Waals surface area contributed by atoms with E-state index in [2.05, 4.69) is 34.0 Å². The Balaban J connectivity index is 2.46. The maximum atomic E-state index is 4.25. The highest BCUT2D eigenvalue weighted by molar-refractivity contribution is 5.43. The summed E-state index contributed by atoms with van der Waals surface area (Å²) in [5, 5.41) is 6.89. The zero-order chi connectivity index (χ0) is 10.1. The molecule has 0 aliphatic heterocycles. The molecule has 1 N–H and O–H groups in total. The summed E-state index contributed by atoms with van der Waals surface area (Å²) >= 11 is 0. The average Bonchev–Trinajstić information content (AvgIpc) is 2.70. The fourth-order valence-corrected chi connectivity index (χ4v) is 1.35. The van der Waals surface area contributed by atoms with Crippen LogP contribution in [0.3, 0.4) is 0 Å². The van der Waals surface area contributed by atoms with E-state index in [-0.39, 0.29) is 0 Å². The Morgan fingerprint density at radius 2 is 2.21 bits per heavy atom. The summed E-state index contributed by atoms with van der Waals surface area (Å²) in [5.74, 6) is 2.27. The lowest BCUT2D eigenvalue weighted by Gasteiger charge is -2.08. The molecule has 0 aromatic carbocycles. The molecular weight excluding hydrogens is 178 g/mol. The number of aromatic nitrogens is 5.